The third-order valence-electron chi connectivity index (χ3n) is 2.84. The first-order valence-electron chi connectivity index (χ1n) is 6.61. The quantitative estimate of drug-likeness (QED) is 0.590. The van der Waals surface area contributed by atoms with Crippen LogP contribution in [0.15, 0.2) is 24.3 Å². The Hall–Kier alpha value is -1.36. The Morgan fingerprint density at radius 2 is 1.85 bits per heavy atom. The molecule has 20 heavy (non-hydrogen) atoms. The molecule has 0 saturated carbocycles. The van der Waals surface area contributed by atoms with Crippen molar-refractivity contribution in [3.05, 3.63) is 35.4 Å². The SMILES string of the molecule is CCOC(=O)CN(C(=O)c1ccc(CBr)cc1)C(C)C. The number of amides is 1. The monoisotopic (exact) mass is 341 g/mol. The zero-order valence-corrected chi connectivity index (χ0v) is 13.6. The van der Waals surface area contributed by atoms with E-state index in [2.05, 4.69) is 15.9 Å². The van der Waals surface area contributed by atoms with Crippen molar-refractivity contribution in [3.8, 4) is 0 Å². The van der Waals surface area contributed by atoms with Crippen LogP contribution in [0.5, 0.6) is 0 Å². The molecule has 1 rings (SSSR count). The predicted molar refractivity (Wildman–Crippen MR) is 81.9 cm³/mol. The first kappa shape index (κ1) is 16.7. The molecule has 0 atom stereocenters. The molecule has 0 aliphatic carbocycles. The van der Waals surface area contributed by atoms with Gasteiger partial charge in [-0.1, -0.05) is 28.1 Å². The summed E-state index contributed by atoms with van der Waals surface area (Å²) in [7, 11) is 0. The van der Waals surface area contributed by atoms with Gasteiger partial charge in [-0.15, -0.1) is 0 Å². The van der Waals surface area contributed by atoms with Crippen molar-refractivity contribution in [1.29, 1.82) is 0 Å². The van der Waals surface area contributed by atoms with Crippen molar-refractivity contribution in [1.82, 2.24) is 4.90 Å². The van der Waals surface area contributed by atoms with Gasteiger partial charge in [0.25, 0.3) is 5.91 Å². The lowest BCUT2D eigenvalue weighted by atomic mass is 10.1. The molecule has 0 unspecified atom stereocenters. The number of nitrogens with zero attached hydrogens (tertiary/aromatic N) is 1. The Morgan fingerprint density at radius 3 is 2.30 bits per heavy atom. The number of esters is 1. The van der Waals surface area contributed by atoms with E-state index in [0.29, 0.717) is 12.2 Å². The van der Waals surface area contributed by atoms with E-state index in [1.54, 1.807) is 19.1 Å². The molecule has 1 aromatic rings. The highest BCUT2D eigenvalue weighted by Gasteiger charge is 2.22. The fourth-order valence-electron chi connectivity index (χ4n) is 1.74. The zero-order chi connectivity index (χ0) is 15.1. The average molecular weight is 342 g/mol. The van der Waals surface area contributed by atoms with Gasteiger partial charge in [0.1, 0.15) is 6.54 Å². The van der Waals surface area contributed by atoms with Gasteiger partial charge in [-0.3, -0.25) is 9.59 Å². The van der Waals surface area contributed by atoms with Gasteiger partial charge in [0.15, 0.2) is 0 Å². The molecule has 5 heteroatoms. The summed E-state index contributed by atoms with van der Waals surface area (Å²) in [6.45, 7) is 5.80. The topological polar surface area (TPSA) is 46.6 Å². The van der Waals surface area contributed by atoms with E-state index in [1.165, 1.54) is 4.90 Å². The molecule has 0 aromatic heterocycles. The van der Waals surface area contributed by atoms with Crippen LogP contribution in [-0.2, 0) is 14.9 Å². The van der Waals surface area contributed by atoms with Crippen LogP contribution < -0.4 is 0 Å². The van der Waals surface area contributed by atoms with Crippen molar-refractivity contribution in [2.24, 2.45) is 0 Å². The second-order valence-electron chi connectivity index (χ2n) is 4.66. The summed E-state index contributed by atoms with van der Waals surface area (Å²) in [6, 6.07) is 7.28. The molecular formula is C15H20BrNO3. The van der Waals surface area contributed by atoms with Crippen LogP contribution in [-0.4, -0.2) is 36.0 Å². The number of carbonyl (C=O) groups is 2. The molecule has 1 aromatic carbocycles. The number of benzene rings is 1. The Bertz CT molecular complexity index is 457. The normalized spacial score (nSPS) is 10.4. The van der Waals surface area contributed by atoms with Gasteiger partial charge in [0, 0.05) is 16.9 Å². The fourth-order valence-corrected chi connectivity index (χ4v) is 2.11. The van der Waals surface area contributed by atoms with Gasteiger partial charge in [-0.2, -0.15) is 0 Å². The first-order chi connectivity index (χ1) is 9.49. The van der Waals surface area contributed by atoms with Crippen molar-refractivity contribution < 1.29 is 14.3 Å². The zero-order valence-electron chi connectivity index (χ0n) is 12.1. The van der Waals surface area contributed by atoms with E-state index in [1.807, 2.05) is 26.0 Å². The minimum absolute atomic E-state index is 0.0233. The second kappa shape index (κ2) is 8.04. The summed E-state index contributed by atoms with van der Waals surface area (Å²) < 4.78 is 4.91. The van der Waals surface area contributed by atoms with Gasteiger partial charge in [0.2, 0.25) is 0 Å². The maximum atomic E-state index is 12.4. The summed E-state index contributed by atoms with van der Waals surface area (Å²) in [5, 5.41) is 0.748. The summed E-state index contributed by atoms with van der Waals surface area (Å²) in [5.41, 5.74) is 1.68. The number of halogens is 1. The number of alkyl halides is 1. The predicted octanol–water partition coefficient (Wildman–Crippen LogP) is 3.00. The minimum Gasteiger partial charge on any atom is -0.465 e. The summed E-state index contributed by atoms with van der Waals surface area (Å²) >= 11 is 3.36. The molecule has 0 spiro atoms. The number of hydrogen-bond donors (Lipinski definition) is 0. The summed E-state index contributed by atoms with van der Waals surface area (Å²) in [4.78, 5) is 25.5. The molecule has 110 valence electrons. The van der Waals surface area contributed by atoms with Crippen LogP contribution in [0.25, 0.3) is 0 Å². The number of carbonyl (C=O) groups excluding carboxylic acids is 2. The Morgan fingerprint density at radius 1 is 1.25 bits per heavy atom. The lowest BCUT2D eigenvalue weighted by Crippen LogP contribution is -2.41. The second-order valence-corrected chi connectivity index (χ2v) is 5.22. The Kier molecular flexibility index (Phi) is 6.71. The molecule has 4 nitrogen and oxygen atoms in total. The molecular weight excluding hydrogens is 322 g/mol. The van der Waals surface area contributed by atoms with Crippen LogP contribution >= 0.6 is 15.9 Å². The third-order valence-corrected chi connectivity index (χ3v) is 3.49. The van der Waals surface area contributed by atoms with E-state index in [-0.39, 0.29) is 24.5 Å². The van der Waals surface area contributed by atoms with Crippen molar-refractivity contribution in [2.45, 2.75) is 32.1 Å². The van der Waals surface area contributed by atoms with Crippen molar-refractivity contribution in [2.75, 3.05) is 13.2 Å². The molecule has 0 bridgehead atoms. The standard InChI is InChI=1S/C15H20BrNO3/c1-4-20-14(18)10-17(11(2)3)15(19)13-7-5-12(9-16)6-8-13/h5-8,11H,4,9-10H2,1-3H3. The molecule has 0 saturated heterocycles. The lowest BCUT2D eigenvalue weighted by molar-refractivity contribution is -0.144. The highest BCUT2D eigenvalue weighted by atomic mass is 79.9. The third kappa shape index (κ3) is 4.63. The molecule has 0 fully saturated rings. The van der Waals surface area contributed by atoms with E-state index in [9.17, 15) is 9.59 Å². The fraction of sp³-hybridized carbons (Fsp3) is 0.467. The summed E-state index contributed by atoms with van der Waals surface area (Å²) in [5.74, 6) is -0.541. The summed E-state index contributed by atoms with van der Waals surface area (Å²) in [6.07, 6.45) is 0. The molecule has 1 amide bonds. The smallest absolute Gasteiger partial charge is 0.325 e. The average Bonchev–Trinajstić information content (AvgIpc) is 2.44. The number of ether oxygens (including phenoxy) is 1. The van der Waals surface area contributed by atoms with Gasteiger partial charge in [0.05, 0.1) is 6.61 Å². The molecule has 0 heterocycles. The molecule has 0 aliphatic heterocycles. The highest BCUT2D eigenvalue weighted by Crippen LogP contribution is 2.12. The van der Waals surface area contributed by atoms with Gasteiger partial charge in [-0.25, -0.2) is 0 Å². The Labute approximate surface area is 128 Å². The van der Waals surface area contributed by atoms with Gasteiger partial charge < -0.3 is 9.64 Å². The van der Waals surface area contributed by atoms with Gasteiger partial charge in [-0.05, 0) is 38.5 Å². The highest BCUT2D eigenvalue weighted by molar-refractivity contribution is 9.08. The minimum atomic E-state index is -0.383. The number of rotatable bonds is 6. The molecule has 0 aliphatic rings. The van der Waals surface area contributed by atoms with Crippen molar-refractivity contribution in [3.63, 3.8) is 0 Å². The van der Waals surface area contributed by atoms with Crippen LogP contribution in [0.2, 0.25) is 0 Å². The van der Waals surface area contributed by atoms with Crippen LogP contribution in [0.3, 0.4) is 0 Å². The Balaban J connectivity index is 2.84. The van der Waals surface area contributed by atoms with Crippen molar-refractivity contribution >= 4 is 27.8 Å². The largest absolute Gasteiger partial charge is 0.465 e. The van der Waals surface area contributed by atoms with E-state index in [0.717, 1.165) is 10.9 Å². The van der Waals surface area contributed by atoms with E-state index in [4.69, 9.17) is 4.74 Å². The van der Waals surface area contributed by atoms with Crippen LogP contribution in [0.1, 0.15) is 36.7 Å². The maximum Gasteiger partial charge on any atom is 0.325 e. The van der Waals surface area contributed by atoms with Crippen LogP contribution in [0.4, 0.5) is 0 Å². The van der Waals surface area contributed by atoms with E-state index < -0.39 is 0 Å². The molecule has 0 radical (unpaired) electrons. The lowest BCUT2D eigenvalue weighted by Gasteiger charge is -2.25. The van der Waals surface area contributed by atoms with E-state index >= 15 is 0 Å². The van der Waals surface area contributed by atoms with Gasteiger partial charge >= 0.3 is 5.97 Å². The first-order valence-corrected chi connectivity index (χ1v) is 7.73. The number of hydrogen-bond acceptors (Lipinski definition) is 3. The van der Waals surface area contributed by atoms with Crippen LogP contribution in [0, 0.1) is 0 Å². The maximum absolute atomic E-state index is 12.4. The molecule has 0 N–H and O–H groups in total.